The van der Waals surface area contributed by atoms with E-state index >= 15 is 0 Å². The normalized spacial score (nSPS) is 21.2. The summed E-state index contributed by atoms with van der Waals surface area (Å²) >= 11 is 0. The van der Waals surface area contributed by atoms with Crippen molar-refractivity contribution in [2.45, 2.75) is 44.9 Å². The summed E-state index contributed by atoms with van der Waals surface area (Å²) in [6.45, 7) is 13.6. The monoisotopic (exact) mass is 335 g/mol. The second-order valence-electron chi connectivity index (χ2n) is 8.82. The molecule has 0 saturated carbocycles. The van der Waals surface area contributed by atoms with Crippen LogP contribution in [0.3, 0.4) is 0 Å². The van der Waals surface area contributed by atoms with Crippen LogP contribution in [-0.2, 0) is 10.8 Å². The number of hydrogen-bond acceptors (Lipinski definition) is 3. The summed E-state index contributed by atoms with van der Waals surface area (Å²) in [6.07, 6.45) is 1.20. The third kappa shape index (κ3) is 2.95. The van der Waals surface area contributed by atoms with Crippen molar-refractivity contribution in [1.82, 2.24) is 10.3 Å². The summed E-state index contributed by atoms with van der Waals surface area (Å²) in [7, 11) is 0. The largest absolute Gasteiger partial charge is 0.354 e. The average molecular weight is 335 g/mol. The lowest BCUT2D eigenvalue weighted by molar-refractivity contribution is 0.403. The van der Waals surface area contributed by atoms with Crippen molar-refractivity contribution in [3.63, 3.8) is 0 Å². The van der Waals surface area contributed by atoms with E-state index in [4.69, 9.17) is 4.98 Å². The average Bonchev–Trinajstić information content (AvgIpc) is 2.80. The van der Waals surface area contributed by atoms with Crippen LogP contribution in [0.1, 0.15) is 45.2 Å². The lowest BCUT2D eigenvalue weighted by atomic mass is 9.82. The fraction of sp³-hybridized carbons (Fsp3) is 0.500. The molecule has 1 aliphatic heterocycles. The van der Waals surface area contributed by atoms with Gasteiger partial charge in [0.05, 0.1) is 5.69 Å². The molecule has 132 valence electrons. The van der Waals surface area contributed by atoms with Crippen LogP contribution in [0.25, 0.3) is 11.3 Å². The van der Waals surface area contributed by atoms with E-state index < -0.39 is 0 Å². The van der Waals surface area contributed by atoms with Crippen molar-refractivity contribution in [1.29, 1.82) is 0 Å². The highest BCUT2D eigenvalue weighted by molar-refractivity contribution is 5.65. The van der Waals surface area contributed by atoms with Gasteiger partial charge in [-0.3, -0.25) is 0 Å². The van der Waals surface area contributed by atoms with Gasteiger partial charge in [-0.15, -0.1) is 0 Å². The fourth-order valence-corrected chi connectivity index (χ4v) is 4.80. The first-order valence-corrected chi connectivity index (χ1v) is 9.45. The first kappa shape index (κ1) is 16.6. The van der Waals surface area contributed by atoms with E-state index in [-0.39, 0.29) is 10.8 Å². The zero-order chi connectivity index (χ0) is 17.7. The van der Waals surface area contributed by atoms with Crippen molar-refractivity contribution in [2.24, 2.45) is 0 Å². The van der Waals surface area contributed by atoms with Crippen molar-refractivity contribution < 1.29 is 0 Å². The molecule has 1 saturated heterocycles. The number of fused-ring (bicyclic) bond motifs is 1. The van der Waals surface area contributed by atoms with Crippen molar-refractivity contribution in [3.8, 4) is 11.3 Å². The lowest BCUT2D eigenvalue weighted by Crippen LogP contribution is -2.43. The predicted octanol–water partition coefficient (Wildman–Crippen LogP) is 4.12. The van der Waals surface area contributed by atoms with Crippen LogP contribution >= 0.6 is 0 Å². The lowest BCUT2D eigenvalue weighted by Gasteiger charge is -2.28. The van der Waals surface area contributed by atoms with E-state index in [2.05, 4.69) is 74.3 Å². The Labute approximate surface area is 151 Å². The van der Waals surface area contributed by atoms with Gasteiger partial charge in [0.2, 0.25) is 0 Å². The zero-order valence-electron chi connectivity index (χ0n) is 15.9. The molecule has 2 aromatic rings. The van der Waals surface area contributed by atoms with Crippen LogP contribution in [0, 0.1) is 0 Å². The molecule has 3 nitrogen and oxygen atoms in total. The molecule has 0 radical (unpaired) electrons. The van der Waals surface area contributed by atoms with Crippen molar-refractivity contribution in [3.05, 3.63) is 47.5 Å². The van der Waals surface area contributed by atoms with Crippen molar-refractivity contribution >= 4 is 5.82 Å². The molecule has 1 fully saturated rings. The maximum Gasteiger partial charge on any atom is 0.129 e. The summed E-state index contributed by atoms with van der Waals surface area (Å²) in [5.74, 6) is 1.10. The van der Waals surface area contributed by atoms with Crippen LogP contribution in [0.15, 0.2) is 36.4 Å². The van der Waals surface area contributed by atoms with Crippen LogP contribution < -0.4 is 10.2 Å². The summed E-state index contributed by atoms with van der Waals surface area (Å²) in [5, 5.41) is 3.41. The standard InChI is InChI=1S/C22H29N3/c1-21(2)15-22(3,4)18-14-16(8-9-17(18)21)19-6-5-7-20(24-19)25-12-10-23-11-13-25/h5-9,14,23H,10-13,15H2,1-4H3. The Morgan fingerprint density at radius 2 is 1.64 bits per heavy atom. The highest BCUT2D eigenvalue weighted by atomic mass is 15.2. The molecular formula is C22H29N3. The Morgan fingerprint density at radius 3 is 2.40 bits per heavy atom. The second-order valence-corrected chi connectivity index (χ2v) is 8.82. The Morgan fingerprint density at radius 1 is 0.920 bits per heavy atom. The summed E-state index contributed by atoms with van der Waals surface area (Å²) < 4.78 is 0. The van der Waals surface area contributed by atoms with Gasteiger partial charge < -0.3 is 10.2 Å². The van der Waals surface area contributed by atoms with E-state index in [0.29, 0.717) is 0 Å². The van der Waals surface area contributed by atoms with Gasteiger partial charge in [-0.1, -0.05) is 45.9 Å². The molecule has 0 amide bonds. The van der Waals surface area contributed by atoms with Gasteiger partial charge in [0.1, 0.15) is 5.82 Å². The molecule has 25 heavy (non-hydrogen) atoms. The van der Waals surface area contributed by atoms with Gasteiger partial charge in [0, 0.05) is 31.7 Å². The molecule has 1 N–H and O–H groups in total. The molecular weight excluding hydrogens is 306 g/mol. The van der Waals surface area contributed by atoms with Gasteiger partial charge in [-0.25, -0.2) is 4.98 Å². The maximum atomic E-state index is 4.97. The summed E-state index contributed by atoms with van der Waals surface area (Å²) in [4.78, 5) is 7.35. The van der Waals surface area contributed by atoms with Gasteiger partial charge >= 0.3 is 0 Å². The number of piperazine rings is 1. The van der Waals surface area contributed by atoms with Crippen LogP contribution in [0.4, 0.5) is 5.82 Å². The molecule has 0 bridgehead atoms. The molecule has 2 aliphatic rings. The molecule has 1 aliphatic carbocycles. The highest BCUT2D eigenvalue weighted by Crippen LogP contribution is 2.50. The fourth-order valence-electron chi connectivity index (χ4n) is 4.80. The third-order valence-electron chi connectivity index (χ3n) is 5.83. The number of nitrogens with one attached hydrogen (secondary N) is 1. The Kier molecular flexibility index (Phi) is 3.88. The van der Waals surface area contributed by atoms with E-state index in [0.717, 1.165) is 37.7 Å². The third-order valence-corrected chi connectivity index (χ3v) is 5.83. The van der Waals surface area contributed by atoms with E-state index in [1.54, 1.807) is 0 Å². The quantitative estimate of drug-likeness (QED) is 0.895. The first-order valence-electron chi connectivity index (χ1n) is 9.45. The molecule has 3 heteroatoms. The minimum atomic E-state index is 0.227. The topological polar surface area (TPSA) is 28.2 Å². The van der Waals surface area contributed by atoms with E-state index in [9.17, 15) is 0 Å². The number of nitrogens with zero attached hydrogens (tertiary/aromatic N) is 2. The number of aromatic nitrogens is 1. The molecule has 1 aromatic carbocycles. The molecule has 0 atom stereocenters. The maximum absolute atomic E-state index is 4.97. The molecule has 4 rings (SSSR count). The minimum absolute atomic E-state index is 0.227. The zero-order valence-corrected chi connectivity index (χ0v) is 15.9. The smallest absolute Gasteiger partial charge is 0.129 e. The first-order chi connectivity index (χ1) is 11.9. The van der Waals surface area contributed by atoms with Gasteiger partial charge in [-0.05, 0) is 46.6 Å². The molecule has 0 unspecified atom stereocenters. The van der Waals surface area contributed by atoms with Crippen molar-refractivity contribution in [2.75, 3.05) is 31.1 Å². The Balaban J connectivity index is 1.72. The molecule has 0 spiro atoms. The number of benzene rings is 1. The Hall–Kier alpha value is -1.87. The van der Waals surface area contributed by atoms with Gasteiger partial charge in [0.25, 0.3) is 0 Å². The second kappa shape index (κ2) is 5.84. The van der Waals surface area contributed by atoms with Crippen LogP contribution in [-0.4, -0.2) is 31.2 Å². The number of hydrogen-bond donors (Lipinski definition) is 1. The summed E-state index contributed by atoms with van der Waals surface area (Å²) in [5.41, 5.74) is 5.79. The molecule has 2 heterocycles. The van der Waals surface area contributed by atoms with E-state index in [1.807, 2.05) is 0 Å². The van der Waals surface area contributed by atoms with Crippen LogP contribution in [0.5, 0.6) is 0 Å². The highest BCUT2D eigenvalue weighted by Gasteiger charge is 2.41. The number of pyridine rings is 1. The van der Waals surface area contributed by atoms with Gasteiger partial charge in [0.15, 0.2) is 0 Å². The number of rotatable bonds is 2. The SMILES string of the molecule is CC1(C)CC(C)(C)c2cc(-c3cccc(N4CCNCC4)n3)ccc21. The van der Waals surface area contributed by atoms with E-state index in [1.165, 1.54) is 23.1 Å². The summed E-state index contributed by atoms with van der Waals surface area (Å²) in [6, 6.07) is 13.4. The minimum Gasteiger partial charge on any atom is -0.354 e. The van der Waals surface area contributed by atoms with Crippen LogP contribution in [0.2, 0.25) is 0 Å². The van der Waals surface area contributed by atoms with Gasteiger partial charge in [-0.2, -0.15) is 0 Å². The predicted molar refractivity (Wildman–Crippen MR) is 105 cm³/mol. The molecule has 1 aromatic heterocycles. The number of anilines is 1. The Bertz CT molecular complexity index is 786.